The Balaban J connectivity index is 2.71. The van der Waals surface area contributed by atoms with Gasteiger partial charge in [0.15, 0.2) is 0 Å². The third-order valence-electron chi connectivity index (χ3n) is 2.37. The number of aliphatic hydroxyl groups is 1. The van der Waals surface area contributed by atoms with Gasteiger partial charge in [-0.05, 0) is 45.0 Å². The monoisotopic (exact) mass is 208 g/mol. The van der Waals surface area contributed by atoms with E-state index in [9.17, 15) is 0 Å². The molecule has 3 heteroatoms. The van der Waals surface area contributed by atoms with E-state index in [2.05, 4.69) is 36.2 Å². The highest BCUT2D eigenvalue weighted by atomic mass is 16.3. The molecule has 0 aliphatic carbocycles. The molecule has 2 N–H and O–H groups in total. The maximum absolute atomic E-state index is 9.16. The Hall–Kier alpha value is -1.22. The minimum absolute atomic E-state index is 0.510. The fourth-order valence-electron chi connectivity index (χ4n) is 1.60. The number of anilines is 2. The molecule has 1 aromatic carbocycles. The van der Waals surface area contributed by atoms with Gasteiger partial charge in [0.1, 0.15) is 6.23 Å². The first-order chi connectivity index (χ1) is 7.17. The van der Waals surface area contributed by atoms with E-state index in [1.54, 1.807) is 6.92 Å². The predicted octanol–water partition coefficient (Wildman–Crippen LogP) is 2.28. The van der Waals surface area contributed by atoms with Gasteiger partial charge in [-0.15, -0.1) is 0 Å². The summed E-state index contributed by atoms with van der Waals surface area (Å²) >= 11 is 0. The summed E-state index contributed by atoms with van der Waals surface area (Å²) in [5.74, 6) is 0. The molecule has 3 nitrogen and oxygen atoms in total. The van der Waals surface area contributed by atoms with Gasteiger partial charge in [0.25, 0.3) is 0 Å². The van der Waals surface area contributed by atoms with Crippen LogP contribution in [0.2, 0.25) is 0 Å². The van der Waals surface area contributed by atoms with Gasteiger partial charge in [0.05, 0.1) is 0 Å². The SMILES string of the molecule is CCN(CC)c1ccc(NC(C)O)cc1. The standard InChI is InChI=1S/C12H20N2O/c1-4-14(5-2)12-8-6-11(7-9-12)13-10(3)15/h6-10,13,15H,4-5H2,1-3H3. The molecule has 0 spiro atoms. The lowest BCUT2D eigenvalue weighted by molar-refractivity contribution is 0.224. The molecule has 0 fully saturated rings. The van der Waals surface area contributed by atoms with E-state index in [-0.39, 0.29) is 0 Å². The molecular weight excluding hydrogens is 188 g/mol. The average Bonchev–Trinajstić information content (AvgIpc) is 2.21. The number of aliphatic hydroxyl groups excluding tert-OH is 1. The smallest absolute Gasteiger partial charge is 0.121 e. The number of benzene rings is 1. The molecule has 1 aromatic rings. The summed E-state index contributed by atoms with van der Waals surface area (Å²) in [6, 6.07) is 8.11. The molecule has 0 heterocycles. The number of rotatable bonds is 5. The largest absolute Gasteiger partial charge is 0.374 e. The van der Waals surface area contributed by atoms with E-state index in [1.807, 2.05) is 12.1 Å². The van der Waals surface area contributed by atoms with E-state index in [0.717, 1.165) is 18.8 Å². The van der Waals surface area contributed by atoms with Crippen molar-refractivity contribution in [2.45, 2.75) is 27.0 Å². The van der Waals surface area contributed by atoms with Gasteiger partial charge in [-0.2, -0.15) is 0 Å². The summed E-state index contributed by atoms with van der Waals surface area (Å²) in [6.07, 6.45) is -0.510. The molecule has 0 saturated carbocycles. The second-order valence-electron chi connectivity index (χ2n) is 3.54. The fraction of sp³-hybridized carbons (Fsp3) is 0.500. The third-order valence-corrected chi connectivity index (χ3v) is 2.37. The molecule has 84 valence electrons. The highest BCUT2D eigenvalue weighted by Gasteiger charge is 2.01. The van der Waals surface area contributed by atoms with Crippen LogP contribution in [0.3, 0.4) is 0 Å². The Bertz CT molecular complexity index is 278. The van der Waals surface area contributed by atoms with E-state index in [0.29, 0.717) is 0 Å². The number of nitrogens with zero attached hydrogens (tertiary/aromatic N) is 1. The third kappa shape index (κ3) is 3.44. The van der Waals surface area contributed by atoms with Gasteiger partial charge in [0.2, 0.25) is 0 Å². The summed E-state index contributed by atoms with van der Waals surface area (Å²) < 4.78 is 0. The van der Waals surface area contributed by atoms with Crippen LogP contribution >= 0.6 is 0 Å². The molecule has 0 radical (unpaired) electrons. The molecule has 0 bridgehead atoms. The van der Waals surface area contributed by atoms with Crippen LogP contribution in [0.15, 0.2) is 24.3 Å². The van der Waals surface area contributed by atoms with Crippen LogP contribution in [0.4, 0.5) is 11.4 Å². The van der Waals surface area contributed by atoms with Crippen molar-refractivity contribution in [3.63, 3.8) is 0 Å². The fourth-order valence-corrected chi connectivity index (χ4v) is 1.60. The highest BCUT2D eigenvalue weighted by molar-refractivity contribution is 5.55. The minimum atomic E-state index is -0.510. The first-order valence-corrected chi connectivity index (χ1v) is 5.47. The van der Waals surface area contributed by atoms with E-state index in [1.165, 1.54) is 5.69 Å². The van der Waals surface area contributed by atoms with Gasteiger partial charge in [-0.25, -0.2) is 0 Å². The Morgan fingerprint density at radius 1 is 1.20 bits per heavy atom. The summed E-state index contributed by atoms with van der Waals surface area (Å²) in [4.78, 5) is 2.28. The van der Waals surface area contributed by atoms with Crippen LogP contribution < -0.4 is 10.2 Å². The van der Waals surface area contributed by atoms with Gasteiger partial charge < -0.3 is 15.3 Å². The topological polar surface area (TPSA) is 35.5 Å². The molecule has 0 aliphatic rings. The van der Waals surface area contributed by atoms with Crippen molar-refractivity contribution in [2.24, 2.45) is 0 Å². The van der Waals surface area contributed by atoms with Crippen molar-refractivity contribution < 1.29 is 5.11 Å². The molecule has 15 heavy (non-hydrogen) atoms. The lowest BCUT2D eigenvalue weighted by Crippen LogP contribution is -2.21. The molecule has 1 atom stereocenters. The van der Waals surface area contributed by atoms with Gasteiger partial charge in [0, 0.05) is 24.5 Å². The zero-order chi connectivity index (χ0) is 11.3. The second kappa shape index (κ2) is 5.61. The minimum Gasteiger partial charge on any atom is -0.374 e. The summed E-state index contributed by atoms with van der Waals surface area (Å²) in [6.45, 7) is 8.02. The molecule has 0 amide bonds. The van der Waals surface area contributed by atoms with E-state index >= 15 is 0 Å². The first kappa shape index (κ1) is 11.9. The maximum atomic E-state index is 9.16. The quantitative estimate of drug-likeness (QED) is 0.729. The summed E-state index contributed by atoms with van der Waals surface area (Å²) in [7, 11) is 0. The van der Waals surface area contributed by atoms with Crippen molar-refractivity contribution in [2.75, 3.05) is 23.3 Å². The maximum Gasteiger partial charge on any atom is 0.121 e. The van der Waals surface area contributed by atoms with E-state index in [4.69, 9.17) is 5.11 Å². The Morgan fingerprint density at radius 3 is 2.13 bits per heavy atom. The molecule has 0 aromatic heterocycles. The van der Waals surface area contributed by atoms with Crippen LogP contribution in [0.25, 0.3) is 0 Å². The van der Waals surface area contributed by atoms with Crippen molar-refractivity contribution in [3.8, 4) is 0 Å². The van der Waals surface area contributed by atoms with Crippen molar-refractivity contribution in [3.05, 3.63) is 24.3 Å². The number of hydrogen-bond donors (Lipinski definition) is 2. The van der Waals surface area contributed by atoms with Crippen LogP contribution in [-0.4, -0.2) is 24.4 Å². The number of hydrogen-bond acceptors (Lipinski definition) is 3. The number of nitrogens with one attached hydrogen (secondary N) is 1. The Kier molecular flexibility index (Phi) is 4.43. The normalized spacial score (nSPS) is 12.3. The van der Waals surface area contributed by atoms with Gasteiger partial charge >= 0.3 is 0 Å². The lowest BCUT2D eigenvalue weighted by atomic mass is 10.2. The first-order valence-electron chi connectivity index (χ1n) is 5.47. The van der Waals surface area contributed by atoms with Gasteiger partial charge in [-0.1, -0.05) is 0 Å². The Labute approximate surface area is 91.7 Å². The zero-order valence-corrected chi connectivity index (χ0v) is 9.70. The highest BCUT2D eigenvalue weighted by Crippen LogP contribution is 2.17. The Morgan fingerprint density at radius 2 is 1.73 bits per heavy atom. The van der Waals surface area contributed by atoms with Crippen molar-refractivity contribution in [1.29, 1.82) is 0 Å². The van der Waals surface area contributed by atoms with Crippen LogP contribution in [0.5, 0.6) is 0 Å². The van der Waals surface area contributed by atoms with Crippen molar-refractivity contribution in [1.82, 2.24) is 0 Å². The average molecular weight is 208 g/mol. The zero-order valence-electron chi connectivity index (χ0n) is 9.70. The molecule has 1 rings (SSSR count). The van der Waals surface area contributed by atoms with Crippen LogP contribution in [0.1, 0.15) is 20.8 Å². The second-order valence-corrected chi connectivity index (χ2v) is 3.54. The van der Waals surface area contributed by atoms with Crippen LogP contribution in [0, 0.1) is 0 Å². The molecule has 1 unspecified atom stereocenters. The van der Waals surface area contributed by atoms with Crippen LogP contribution in [-0.2, 0) is 0 Å². The van der Waals surface area contributed by atoms with Crippen molar-refractivity contribution >= 4 is 11.4 Å². The molecule has 0 saturated heterocycles. The summed E-state index contributed by atoms with van der Waals surface area (Å²) in [5.41, 5.74) is 2.16. The van der Waals surface area contributed by atoms with Gasteiger partial charge in [-0.3, -0.25) is 0 Å². The van der Waals surface area contributed by atoms with E-state index < -0.39 is 6.23 Å². The summed E-state index contributed by atoms with van der Waals surface area (Å²) in [5, 5.41) is 12.1. The molecule has 0 aliphatic heterocycles. The lowest BCUT2D eigenvalue weighted by Gasteiger charge is -2.21. The molecular formula is C12H20N2O. The predicted molar refractivity (Wildman–Crippen MR) is 65.3 cm³/mol.